The van der Waals surface area contributed by atoms with Gasteiger partial charge in [-0.2, -0.15) is 0 Å². The van der Waals surface area contributed by atoms with Gasteiger partial charge in [0, 0.05) is 38.8 Å². The molecule has 17 heavy (non-hydrogen) atoms. The van der Waals surface area contributed by atoms with Gasteiger partial charge in [0.15, 0.2) is 0 Å². The van der Waals surface area contributed by atoms with Crippen LogP contribution in [-0.2, 0) is 0 Å². The molecule has 0 spiro atoms. The Morgan fingerprint density at radius 2 is 1.76 bits per heavy atom. The van der Waals surface area contributed by atoms with Gasteiger partial charge in [-0.1, -0.05) is 13.8 Å². The van der Waals surface area contributed by atoms with E-state index in [0.717, 1.165) is 12.0 Å². The monoisotopic (exact) mass is 239 g/mol. The molecule has 1 heterocycles. The number of piperazine rings is 1. The first-order valence-corrected chi connectivity index (χ1v) is 7.46. The molecule has 1 N–H and O–H groups in total. The van der Waals surface area contributed by atoms with Crippen molar-refractivity contribution < 1.29 is 0 Å². The Morgan fingerprint density at radius 3 is 2.35 bits per heavy atom. The first-order chi connectivity index (χ1) is 8.28. The molecular weight excluding hydrogens is 210 g/mol. The van der Waals surface area contributed by atoms with Crippen molar-refractivity contribution >= 4 is 0 Å². The third-order valence-corrected chi connectivity index (χ3v) is 3.91. The van der Waals surface area contributed by atoms with E-state index in [1.165, 1.54) is 65.1 Å². The SMILES string of the molecule is CCCN1CCN(CC(C)CNC2CC2)CC1. The molecule has 0 aromatic carbocycles. The van der Waals surface area contributed by atoms with E-state index in [0.29, 0.717) is 0 Å². The van der Waals surface area contributed by atoms with Crippen LogP contribution in [0.25, 0.3) is 0 Å². The smallest absolute Gasteiger partial charge is 0.0110 e. The van der Waals surface area contributed by atoms with Crippen LogP contribution in [0.2, 0.25) is 0 Å². The summed E-state index contributed by atoms with van der Waals surface area (Å²) >= 11 is 0. The van der Waals surface area contributed by atoms with Crippen LogP contribution < -0.4 is 5.32 Å². The molecule has 0 amide bonds. The Bertz CT molecular complexity index is 208. The van der Waals surface area contributed by atoms with Crippen LogP contribution in [0, 0.1) is 5.92 Å². The lowest BCUT2D eigenvalue weighted by Crippen LogP contribution is -2.48. The maximum Gasteiger partial charge on any atom is 0.0110 e. The van der Waals surface area contributed by atoms with E-state index in [2.05, 4.69) is 29.0 Å². The highest BCUT2D eigenvalue weighted by molar-refractivity contribution is 4.82. The standard InChI is InChI=1S/C14H29N3/c1-3-6-16-7-9-17(10-8-16)12-13(2)11-15-14-4-5-14/h13-15H,3-12H2,1-2H3. The highest BCUT2D eigenvalue weighted by Crippen LogP contribution is 2.18. The molecular formula is C14H29N3. The summed E-state index contributed by atoms with van der Waals surface area (Å²) in [6.07, 6.45) is 4.10. The summed E-state index contributed by atoms with van der Waals surface area (Å²) < 4.78 is 0. The van der Waals surface area contributed by atoms with Crippen molar-refractivity contribution in [3.8, 4) is 0 Å². The van der Waals surface area contributed by atoms with E-state index in [9.17, 15) is 0 Å². The van der Waals surface area contributed by atoms with Crippen molar-refractivity contribution in [3.63, 3.8) is 0 Å². The highest BCUT2D eigenvalue weighted by atomic mass is 15.3. The minimum absolute atomic E-state index is 0.799. The molecule has 0 aromatic rings. The van der Waals surface area contributed by atoms with Gasteiger partial charge in [-0.05, 0) is 38.3 Å². The summed E-state index contributed by atoms with van der Waals surface area (Å²) in [7, 11) is 0. The molecule has 1 aliphatic heterocycles. The lowest BCUT2D eigenvalue weighted by Gasteiger charge is -2.35. The van der Waals surface area contributed by atoms with Crippen molar-refractivity contribution in [1.29, 1.82) is 0 Å². The normalized spacial score (nSPS) is 25.1. The van der Waals surface area contributed by atoms with Crippen LogP contribution in [0.15, 0.2) is 0 Å². The summed E-state index contributed by atoms with van der Waals surface area (Å²) in [5, 5.41) is 3.64. The third kappa shape index (κ3) is 4.94. The number of rotatable bonds is 7. The Morgan fingerprint density at radius 1 is 1.12 bits per heavy atom. The van der Waals surface area contributed by atoms with E-state index in [1.807, 2.05) is 0 Å². The van der Waals surface area contributed by atoms with Crippen LogP contribution in [0.3, 0.4) is 0 Å². The fourth-order valence-corrected chi connectivity index (χ4v) is 2.67. The molecule has 2 fully saturated rings. The Labute approximate surface area is 107 Å². The average Bonchev–Trinajstić information content (AvgIpc) is 3.13. The van der Waals surface area contributed by atoms with Gasteiger partial charge in [0.1, 0.15) is 0 Å². The molecule has 0 radical (unpaired) electrons. The number of nitrogens with zero attached hydrogens (tertiary/aromatic N) is 2. The predicted molar refractivity (Wildman–Crippen MR) is 73.4 cm³/mol. The first-order valence-electron chi connectivity index (χ1n) is 7.46. The van der Waals surface area contributed by atoms with Crippen molar-refractivity contribution in [2.45, 2.75) is 39.2 Å². The van der Waals surface area contributed by atoms with Gasteiger partial charge in [-0.3, -0.25) is 0 Å². The van der Waals surface area contributed by atoms with Crippen molar-refractivity contribution in [1.82, 2.24) is 15.1 Å². The van der Waals surface area contributed by atoms with Crippen molar-refractivity contribution in [3.05, 3.63) is 0 Å². The number of nitrogens with one attached hydrogen (secondary N) is 1. The quantitative estimate of drug-likeness (QED) is 0.724. The fourth-order valence-electron chi connectivity index (χ4n) is 2.67. The van der Waals surface area contributed by atoms with E-state index in [4.69, 9.17) is 0 Å². The number of hydrogen-bond acceptors (Lipinski definition) is 3. The van der Waals surface area contributed by atoms with Gasteiger partial charge in [0.05, 0.1) is 0 Å². The Kier molecular flexibility index (Phi) is 5.26. The highest BCUT2D eigenvalue weighted by Gasteiger charge is 2.22. The predicted octanol–water partition coefficient (Wildman–Crippen LogP) is 1.40. The summed E-state index contributed by atoms with van der Waals surface area (Å²) in [4.78, 5) is 5.25. The molecule has 1 atom stereocenters. The maximum atomic E-state index is 3.64. The van der Waals surface area contributed by atoms with Crippen molar-refractivity contribution in [2.24, 2.45) is 5.92 Å². The second-order valence-electron chi connectivity index (χ2n) is 5.93. The summed E-state index contributed by atoms with van der Waals surface area (Å²) in [5.41, 5.74) is 0. The second kappa shape index (κ2) is 6.72. The van der Waals surface area contributed by atoms with E-state index < -0.39 is 0 Å². The van der Waals surface area contributed by atoms with Crippen LogP contribution in [0.5, 0.6) is 0 Å². The zero-order valence-electron chi connectivity index (χ0n) is 11.6. The van der Waals surface area contributed by atoms with Crippen LogP contribution in [0.1, 0.15) is 33.1 Å². The molecule has 1 saturated heterocycles. The molecule has 0 bridgehead atoms. The van der Waals surface area contributed by atoms with Crippen LogP contribution in [0.4, 0.5) is 0 Å². The van der Waals surface area contributed by atoms with Gasteiger partial charge in [-0.15, -0.1) is 0 Å². The first kappa shape index (κ1) is 13.3. The number of hydrogen-bond donors (Lipinski definition) is 1. The summed E-state index contributed by atoms with van der Waals surface area (Å²) in [6, 6.07) is 0.860. The van der Waals surface area contributed by atoms with Crippen LogP contribution >= 0.6 is 0 Å². The second-order valence-corrected chi connectivity index (χ2v) is 5.93. The minimum Gasteiger partial charge on any atom is -0.314 e. The van der Waals surface area contributed by atoms with Gasteiger partial charge >= 0.3 is 0 Å². The van der Waals surface area contributed by atoms with E-state index in [1.54, 1.807) is 0 Å². The summed E-state index contributed by atoms with van der Waals surface area (Å²) in [5.74, 6) is 0.799. The Balaban J connectivity index is 1.56. The molecule has 0 aromatic heterocycles. The van der Waals surface area contributed by atoms with Crippen molar-refractivity contribution in [2.75, 3.05) is 45.8 Å². The van der Waals surface area contributed by atoms with Crippen LogP contribution in [-0.4, -0.2) is 61.7 Å². The molecule has 1 aliphatic carbocycles. The lowest BCUT2D eigenvalue weighted by molar-refractivity contribution is 0.120. The molecule has 3 heteroatoms. The van der Waals surface area contributed by atoms with Gasteiger partial charge in [0.25, 0.3) is 0 Å². The topological polar surface area (TPSA) is 18.5 Å². The van der Waals surface area contributed by atoms with Gasteiger partial charge < -0.3 is 15.1 Å². The lowest BCUT2D eigenvalue weighted by atomic mass is 10.1. The fraction of sp³-hybridized carbons (Fsp3) is 1.00. The van der Waals surface area contributed by atoms with E-state index >= 15 is 0 Å². The average molecular weight is 239 g/mol. The van der Waals surface area contributed by atoms with Gasteiger partial charge in [-0.25, -0.2) is 0 Å². The summed E-state index contributed by atoms with van der Waals surface area (Å²) in [6.45, 7) is 13.5. The van der Waals surface area contributed by atoms with E-state index in [-0.39, 0.29) is 0 Å². The molecule has 1 unspecified atom stereocenters. The molecule has 1 saturated carbocycles. The minimum atomic E-state index is 0.799. The maximum absolute atomic E-state index is 3.64. The Hall–Kier alpha value is -0.120. The third-order valence-electron chi connectivity index (χ3n) is 3.91. The molecule has 100 valence electrons. The molecule has 2 rings (SSSR count). The largest absolute Gasteiger partial charge is 0.314 e. The van der Waals surface area contributed by atoms with Gasteiger partial charge in [0.2, 0.25) is 0 Å². The zero-order valence-corrected chi connectivity index (χ0v) is 11.6. The molecule has 3 nitrogen and oxygen atoms in total. The molecule has 2 aliphatic rings. The zero-order chi connectivity index (χ0) is 12.1.